The number of rotatable bonds is 3. The number of hydrogen-bond acceptors (Lipinski definition) is 4. The number of ether oxygens (including phenoxy) is 1. The molecule has 0 saturated carbocycles. The van der Waals surface area contributed by atoms with Crippen molar-refractivity contribution in [1.29, 1.82) is 0 Å². The molecule has 1 unspecified atom stereocenters. The fourth-order valence-electron chi connectivity index (χ4n) is 4.86. The molecule has 0 bridgehead atoms. The highest BCUT2D eigenvalue weighted by molar-refractivity contribution is 6.31. The Hall–Kier alpha value is -2.37. The van der Waals surface area contributed by atoms with E-state index in [-0.39, 0.29) is 5.91 Å². The minimum absolute atomic E-state index is 0.0883. The number of halogens is 1. The lowest BCUT2D eigenvalue weighted by Crippen LogP contribution is -2.48. The second-order valence-corrected chi connectivity index (χ2v) is 9.03. The van der Waals surface area contributed by atoms with Crippen LogP contribution in [0.25, 0.3) is 17.2 Å². The van der Waals surface area contributed by atoms with E-state index >= 15 is 0 Å². The molecule has 2 aliphatic heterocycles. The number of nitrogens with zero attached hydrogens (tertiary/aromatic N) is 3. The molecule has 1 aliphatic carbocycles. The van der Waals surface area contributed by atoms with Crippen LogP contribution in [-0.2, 0) is 17.6 Å². The molecule has 1 atom stereocenters. The molecule has 3 heterocycles. The van der Waals surface area contributed by atoms with Crippen LogP contribution in [0.1, 0.15) is 29.7 Å². The Morgan fingerprint density at radius 3 is 2.80 bits per heavy atom. The van der Waals surface area contributed by atoms with Crippen molar-refractivity contribution >= 4 is 23.6 Å². The van der Waals surface area contributed by atoms with Crippen molar-refractivity contribution in [3.8, 4) is 16.9 Å². The second kappa shape index (κ2) is 7.71. The first kappa shape index (κ1) is 19.6. The van der Waals surface area contributed by atoms with Gasteiger partial charge in [-0.15, -0.1) is 0 Å². The quantitative estimate of drug-likeness (QED) is 0.752. The van der Waals surface area contributed by atoms with Gasteiger partial charge in [0.05, 0.1) is 5.69 Å². The second-order valence-electron chi connectivity index (χ2n) is 8.60. The van der Waals surface area contributed by atoms with Crippen LogP contribution in [-0.4, -0.2) is 60.0 Å². The van der Waals surface area contributed by atoms with Crippen LogP contribution in [0.4, 0.5) is 0 Å². The van der Waals surface area contributed by atoms with Crippen LogP contribution in [0, 0.1) is 0 Å². The minimum atomic E-state index is -0.474. The van der Waals surface area contributed by atoms with Gasteiger partial charge in [-0.1, -0.05) is 23.8 Å². The van der Waals surface area contributed by atoms with E-state index in [1.807, 2.05) is 29.3 Å². The van der Waals surface area contributed by atoms with E-state index in [4.69, 9.17) is 16.3 Å². The average molecular weight is 424 g/mol. The molecule has 156 valence electrons. The average Bonchev–Trinajstić information content (AvgIpc) is 3.39. The van der Waals surface area contributed by atoms with Crippen LogP contribution < -0.4 is 4.74 Å². The summed E-state index contributed by atoms with van der Waals surface area (Å²) in [6.07, 6.45) is 9.01. The lowest BCUT2D eigenvalue weighted by atomic mass is 9.97. The molecule has 2 aromatic rings. The topological polar surface area (TPSA) is 45.7 Å². The maximum absolute atomic E-state index is 13.2. The lowest BCUT2D eigenvalue weighted by molar-refractivity contribution is -0.139. The zero-order chi connectivity index (χ0) is 20.8. The van der Waals surface area contributed by atoms with Gasteiger partial charge in [0.1, 0.15) is 5.75 Å². The van der Waals surface area contributed by atoms with Crippen molar-refractivity contribution in [2.75, 3.05) is 27.2 Å². The zero-order valence-electron chi connectivity index (χ0n) is 17.4. The smallest absolute Gasteiger partial charge is 0.263 e. The van der Waals surface area contributed by atoms with Crippen molar-refractivity contribution in [3.63, 3.8) is 0 Å². The number of allylic oxidation sites excluding steroid dienone is 1. The zero-order valence-corrected chi connectivity index (χ0v) is 18.2. The Balaban J connectivity index is 1.40. The fourth-order valence-corrected chi connectivity index (χ4v) is 5.10. The van der Waals surface area contributed by atoms with Gasteiger partial charge in [-0.25, -0.2) is 0 Å². The molecule has 1 amide bonds. The third-order valence-corrected chi connectivity index (χ3v) is 6.75. The van der Waals surface area contributed by atoms with Crippen LogP contribution in [0.15, 0.2) is 30.5 Å². The summed E-state index contributed by atoms with van der Waals surface area (Å²) in [5.41, 5.74) is 5.20. The van der Waals surface area contributed by atoms with Crippen molar-refractivity contribution in [1.82, 2.24) is 14.8 Å². The minimum Gasteiger partial charge on any atom is -0.479 e. The summed E-state index contributed by atoms with van der Waals surface area (Å²) in [7, 11) is 4.21. The van der Waals surface area contributed by atoms with Crippen molar-refractivity contribution in [2.24, 2.45) is 0 Å². The molecule has 5 rings (SSSR count). The Kier molecular flexibility index (Phi) is 5.03. The third kappa shape index (κ3) is 3.40. The molecule has 1 aromatic heterocycles. The summed E-state index contributed by atoms with van der Waals surface area (Å²) in [4.78, 5) is 21.9. The van der Waals surface area contributed by atoms with Gasteiger partial charge in [-0.2, -0.15) is 0 Å². The largest absolute Gasteiger partial charge is 0.479 e. The van der Waals surface area contributed by atoms with Crippen LogP contribution in [0.5, 0.6) is 5.75 Å². The Labute approximate surface area is 182 Å². The summed E-state index contributed by atoms with van der Waals surface area (Å²) in [5, 5.41) is 0.666. The predicted octanol–water partition coefficient (Wildman–Crippen LogP) is 3.83. The standard InChI is InChI=1S/C24H26ClN3O2/c1-27(2)17-7-10-28(11-8-17)24(29)22-13-15-12-16(25)14-20(23(15)30-22)18-6-9-26-21-5-3-4-19(18)21/h3-4,6,9,12,14,17,22H,5,7-8,10-11,13H2,1-2H3. The highest BCUT2D eigenvalue weighted by atomic mass is 35.5. The van der Waals surface area contributed by atoms with Gasteiger partial charge in [-0.3, -0.25) is 9.78 Å². The fraction of sp³-hybridized carbons (Fsp3) is 0.417. The van der Waals surface area contributed by atoms with Gasteiger partial charge in [0.2, 0.25) is 0 Å². The van der Waals surface area contributed by atoms with Gasteiger partial charge in [-0.05, 0) is 50.7 Å². The highest BCUT2D eigenvalue weighted by Gasteiger charge is 2.36. The lowest BCUT2D eigenvalue weighted by Gasteiger charge is -2.36. The van der Waals surface area contributed by atoms with Crippen molar-refractivity contribution < 1.29 is 9.53 Å². The van der Waals surface area contributed by atoms with E-state index in [2.05, 4.69) is 36.1 Å². The number of benzene rings is 1. The van der Waals surface area contributed by atoms with Gasteiger partial charge < -0.3 is 14.5 Å². The van der Waals surface area contributed by atoms with E-state index in [0.717, 1.165) is 66.0 Å². The summed E-state index contributed by atoms with van der Waals surface area (Å²) in [6, 6.07) is 6.43. The normalized spacial score (nSPS) is 20.4. The summed E-state index contributed by atoms with van der Waals surface area (Å²) >= 11 is 6.46. The van der Waals surface area contributed by atoms with Crippen LogP contribution >= 0.6 is 11.6 Å². The number of carbonyl (C=O) groups excluding carboxylic acids is 1. The number of fused-ring (bicyclic) bond motifs is 2. The van der Waals surface area contributed by atoms with Gasteiger partial charge in [0, 0.05) is 59.9 Å². The molecule has 5 nitrogen and oxygen atoms in total. The highest BCUT2D eigenvalue weighted by Crippen LogP contribution is 2.43. The van der Waals surface area contributed by atoms with E-state index in [1.54, 1.807) is 0 Å². The molecule has 0 spiro atoms. The van der Waals surface area contributed by atoms with Gasteiger partial charge in [0.15, 0.2) is 6.10 Å². The molecule has 0 N–H and O–H groups in total. The number of carbonyl (C=O) groups is 1. The van der Waals surface area contributed by atoms with E-state index in [9.17, 15) is 4.79 Å². The van der Waals surface area contributed by atoms with E-state index in [1.165, 1.54) is 0 Å². The first-order chi connectivity index (χ1) is 14.5. The monoisotopic (exact) mass is 423 g/mol. The van der Waals surface area contributed by atoms with Crippen molar-refractivity contribution in [3.05, 3.63) is 52.3 Å². The Morgan fingerprint density at radius 1 is 1.23 bits per heavy atom. The molecule has 6 heteroatoms. The van der Waals surface area contributed by atoms with Crippen LogP contribution in [0.2, 0.25) is 5.02 Å². The van der Waals surface area contributed by atoms with Gasteiger partial charge in [0.25, 0.3) is 5.91 Å². The van der Waals surface area contributed by atoms with E-state index in [0.29, 0.717) is 17.5 Å². The maximum atomic E-state index is 13.2. The van der Waals surface area contributed by atoms with Crippen molar-refractivity contribution in [2.45, 2.75) is 37.8 Å². The summed E-state index contributed by atoms with van der Waals surface area (Å²) < 4.78 is 6.29. The number of amides is 1. The summed E-state index contributed by atoms with van der Waals surface area (Å²) in [5.74, 6) is 0.875. The molecule has 30 heavy (non-hydrogen) atoms. The number of piperidine rings is 1. The molecule has 1 fully saturated rings. The number of hydrogen-bond donors (Lipinski definition) is 0. The molecule has 1 aromatic carbocycles. The number of pyridine rings is 1. The molecular formula is C24H26ClN3O2. The Bertz CT molecular complexity index is 1030. The third-order valence-electron chi connectivity index (χ3n) is 6.54. The molecular weight excluding hydrogens is 398 g/mol. The molecule has 0 radical (unpaired) electrons. The van der Waals surface area contributed by atoms with Gasteiger partial charge >= 0.3 is 0 Å². The number of aromatic nitrogens is 1. The molecule has 3 aliphatic rings. The number of likely N-dealkylation sites (tertiary alicyclic amines) is 1. The first-order valence-electron chi connectivity index (χ1n) is 10.6. The van der Waals surface area contributed by atoms with E-state index < -0.39 is 6.10 Å². The maximum Gasteiger partial charge on any atom is 0.263 e. The van der Waals surface area contributed by atoms with Crippen LogP contribution in [0.3, 0.4) is 0 Å². The first-order valence-corrected chi connectivity index (χ1v) is 11.0. The molecule has 1 saturated heterocycles. The Morgan fingerprint density at radius 2 is 2.03 bits per heavy atom. The summed E-state index contributed by atoms with van der Waals surface area (Å²) in [6.45, 7) is 1.57. The predicted molar refractivity (Wildman–Crippen MR) is 119 cm³/mol. The SMILES string of the molecule is CN(C)C1CCN(C(=O)C2Cc3cc(Cl)cc(-c4ccnc5c4C=CC5)c3O2)CC1.